The molecule has 0 saturated carbocycles. The van der Waals surface area contributed by atoms with Crippen molar-refractivity contribution in [3.63, 3.8) is 0 Å². The summed E-state index contributed by atoms with van der Waals surface area (Å²) in [6, 6.07) is 4.02. The van der Waals surface area contributed by atoms with Crippen LogP contribution in [0.5, 0.6) is 5.75 Å². The Morgan fingerprint density at radius 2 is 2.27 bits per heavy atom. The van der Waals surface area contributed by atoms with Crippen LogP contribution in [0.1, 0.15) is 28.4 Å². The van der Waals surface area contributed by atoms with E-state index in [1.165, 1.54) is 18.2 Å². The van der Waals surface area contributed by atoms with Crippen molar-refractivity contribution in [1.82, 2.24) is 5.32 Å². The minimum atomic E-state index is -0.489. The highest BCUT2D eigenvalue weighted by Crippen LogP contribution is 2.30. The Morgan fingerprint density at radius 3 is 2.93 bits per heavy atom. The van der Waals surface area contributed by atoms with Gasteiger partial charge in [0.25, 0.3) is 5.91 Å². The average Bonchev–Trinajstić information content (AvgIpc) is 2.42. The SMILES string of the molecule is NC(=O)CC1NC(=O)c2ccc(O)cc21. The quantitative estimate of drug-likeness (QED) is 0.638. The van der Waals surface area contributed by atoms with Gasteiger partial charge in [-0.05, 0) is 23.8 Å². The van der Waals surface area contributed by atoms with Crippen LogP contribution in [0.3, 0.4) is 0 Å². The Kier molecular flexibility index (Phi) is 2.07. The number of aromatic hydroxyl groups is 1. The summed E-state index contributed by atoms with van der Waals surface area (Å²) in [6.07, 6.45) is 0.0438. The largest absolute Gasteiger partial charge is 0.508 e. The molecule has 0 radical (unpaired) electrons. The summed E-state index contributed by atoms with van der Waals surface area (Å²) in [7, 11) is 0. The predicted molar refractivity (Wildman–Crippen MR) is 52.1 cm³/mol. The van der Waals surface area contributed by atoms with E-state index in [9.17, 15) is 14.7 Å². The van der Waals surface area contributed by atoms with E-state index in [1.54, 1.807) is 0 Å². The molecule has 78 valence electrons. The van der Waals surface area contributed by atoms with Crippen molar-refractivity contribution in [2.45, 2.75) is 12.5 Å². The smallest absolute Gasteiger partial charge is 0.252 e. The van der Waals surface area contributed by atoms with Crippen molar-refractivity contribution in [3.8, 4) is 5.75 Å². The van der Waals surface area contributed by atoms with E-state index in [0.717, 1.165) is 0 Å². The number of fused-ring (bicyclic) bond motifs is 1. The summed E-state index contributed by atoms with van der Waals surface area (Å²) < 4.78 is 0. The van der Waals surface area contributed by atoms with Gasteiger partial charge in [-0.15, -0.1) is 0 Å². The van der Waals surface area contributed by atoms with Crippen LogP contribution in [0.2, 0.25) is 0 Å². The molecule has 1 aliphatic heterocycles. The third-order valence-electron chi connectivity index (χ3n) is 2.37. The van der Waals surface area contributed by atoms with Crippen LogP contribution in [0.4, 0.5) is 0 Å². The number of nitrogens with one attached hydrogen (secondary N) is 1. The van der Waals surface area contributed by atoms with Crippen LogP contribution in [-0.4, -0.2) is 16.9 Å². The number of primary amides is 1. The Morgan fingerprint density at radius 1 is 1.53 bits per heavy atom. The lowest BCUT2D eigenvalue weighted by Crippen LogP contribution is -2.24. The summed E-state index contributed by atoms with van der Waals surface area (Å²) in [4.78, 5) is 22.2. The number of nitrogens with two attached hydrogens (primary N) is 1. The zero-order valence-electron chi connectivity index (χ0n) is 7.86. The molecule has 0 aliphatic carbocycles. The van der Waals surface area contributed by atoms with E-state index >= 15 is 0 Å². The molecule has 15 heavy (non-hydrogen) atoms. The Bertz CT molecular complexity index is 440. The molecule has 2 rings (SSSR count). The van der Waals surface area contributed by atoms with Gasteiger partial charge in [-0.1, -0.05) is 0 Å². The van der Waals surface area contributed by atoms with E-state index in [1.807, 2.05) is 0 Å². The van der Waals surface area contributed by atoms with Crippen LogP contribution in [0.25, 0.3) is 0 Å². The third kappa shape index (κ3) is 1.63. The second-order valence-electron chi connectivity index (χ2n) is 3.47. The Hall–Kier alpha value is -2.04. The average molecular weight is 206 g/mol. The second-order valence-corrected chi connectivity index (χ2v) is 3.47. The molecule has 1 unspecified atom stereocenters. The van der Waals surface area contributed by atoms with Crippen molar-refractivity contribution >= 4 is 11.8 Å². The highest BCUT2D eigenvalue weighted by atomic mass is 16.3. The van der Waals surface area contributed by atoms with Gasteiger partial charge in [-0.3, -0.25) is 9.59 Å². The summed E-state index contributed by atoms with van der Waals surface area (Å²) in [5.41, 5.74) is 6.17. The number of phenolic OH excluding ortho intramolecular Hbond substituents is 1. The summed E-state index contributed by atoms with van der Waals surface area (Å²) >= 11 is 0. The van der Waals surface area contributed by atoms with E-state index in [-0.39, 0.29) is 18.1 Å². The molecule has 1 aromatic rings. The zero-order chi connectivity index (χ0) is 11.0. The number of rotatable bonds is 2. The van der Waals surface area contributed by atoms with Gasteiger partial charge in [0.05, 0.1) is 12.5 Å². The molecule has 2 amide bonds. The van der Waals surface area contributed by atoms with Gasteiger partial charge in [0.1, 0.15) is 5.75 Å². The first-order valence-corrected chi connectivity index (χ1v) is 4.50. The predicted octanol–water partition coefficient (Wildman–Crippen LogP) is 0.0521. The molecule has 0 bridgehead atoms. The third-order valence-corrected chi connectivity index (χ3v) is 2.37. The van der Waals surface area contributed by atoms with E-state index in [2.05, 4.69) is 5.32 Å². The van der Waals surface area contributed by atoms with Gasteiger partial charge < -0.3 is 16.2 Å². The molecule has 0 aromatic heterocycles. The van der Waals surface area contributed by atoms with E-state index in [4.69, 9.17) is 5.73 Å². The number of carbonyl (C=O) groups is 2. The lowest BCUT2D eigenvalue weighted by atomic mass is 10.0. The van der Waals surface area contributed by atoms with Crippen molar-refractivity contribution in [2.75, 3.05) is 0 Å². The molecule has 1 atom stereocenters. The lowest BCUT2D eigenvalue weighted by Gasteiger charge is -2.08. The van der Waals surface area contributed by atoms with Crippen molar-refractivity contribution < 1.29 is 14.7 Å². The molecule has 4 N–H and O–H groups in total. The van der Waals surface area contributed by atoms with E-state index in [0.29, 0.717) is 11.1 Å². The first-order chi connectivity index (χ1) is 7.08. The van der Waals surface area contributed by atoms with Crippen molar-refractivity contribution in [3.05, 3.63) is 29.3 Å². The van der Waals surface area contributed by atoms with Gasteiger partial charge in [-0.2, -0.15) is 0 Å². The van der Waals surface area contributed by atoms with Gasteiger partial charge in [0.2, 0.25) is 5.91 Å². The number of amides is 2. The molecule has 0 spiro atoms. The minimum Gasteiger partial charge on any atom is -0.508 e. The fourth-order valence-corrected chi connectivity index (χ4v) is 1.72. The lowest BCUT2D eigenvalue weighted by molar-refractivity contribution is -0.118. The number of hydrogen-bond donors (Lipinski definition) is 3. The van der Waals surface area contributed by atoms with Gasteiger partial charge in [-0.25, -0.2) is 0 Å². The molecule has 0 saturated heterocycles. The summed E-state index contributed by atoms with van der Waals surface area (Å²) in [5.74, 6) is -0.660. The molecule has 5 nitrogen and oxygen atoms in total. The second kappa shape index (κ2) is 3.27. The first kappa shape index (κ1) is 9.51. The fraction of sp³-hybridized carbons (Fsp3) is 0.200. The molecule has 0 fully saturated rings. The van der Waals surface area contributed by atoms with Crippen LogP contribution in [0, 0.1) is 0 Å². The normalized spacial score (nSPS) is 18.4. The summed E-state index contributed by atoms with van der Waals surface area (Å²) in [5, 5.41) is 11.9. The molecular formula is C10H10N2O3. The molecule has 1 aliphatic rings. The maximum absolute atomic E-state index is 11.4. The van der Waals surface area contributed by atoms with Crippen LogP contribution in [0.15, 0.2) is 18.2 Å². The zero-order valence-corrected chi connectivity index (χ0v) is 7.86. The molecule has 1 heterocycles. The van der Waals surface area contributed by atoms with Gasteiger partial charge in [0.15, 0.2) is 0 Å². The monoisotopic (exact) mass is 206 g/mol. The minimum absolute atomic E-state index is 0.0438. The van der Waals surface area contributed by atoms with E-state index < -0.39 is 11.9 Å². The van der Waals surface area contributed by atoms with Gasteiger partial charge >= 0.3 is 0 Å². The summed E-state index contributed by atoms with van der Waals surface area (Å²) in [6.45, 7) is 0. The van der Waals surface area contributed by atoms with Crippen molar-refractivity contribution in [2.24, 2.45) is 5.73 Å². The topological polar surface area (TPSA) is 92.4 Å². The standard InChI is InChI=1S/C10H10N2O3/c11-9(14)4-8-7-3-5(13)1-2-6(7)10(15)12-8/h1-3,8,13H,4H2,(H2,11,14)(H,12,15). The van der Waals surface area contributed by atoms with Crippen LogP contribution < -0.4 is 11.1 Å². The first-order valence-electron chi connectivity index (χ1n) is 4.50. The number of carbonyl (C=O) groups excluding carboxylic acids is 2. The number of hydrogen-bond acceptors (Lipinski definition) is 3. The Balaban J connectivity index is 2.39. The maximum Gasteiger partial charge on any atom is 0.252 e. The van der Waals surface area contributed by atoms with Gasteiger partial charge in [0, 0.05) is 5.56 Å². The highest BCUT2D eigenvalue weighted by Gasteiger charge is 2.29. The Labute approximate surface area is 85.9 Å². The van der Waals surface area contributed by atoms with Crippen LogP contribution >= 0.6 is 0 Å². The van der Waals surface area contributed by atoms with Crippen LogP contribution in [-0.2, 0) is 4.79 Å². The number of phenols is 1. The maximum atomic E-state index is 11.4. The molecule has 1 aromatic carbocycles. The van der Waals surface area contributed by atoms with Crippen molar-refractivity contribution in [1.29, 1.82) is 0 Å². The highest BCUT2D eigenvalue weighted by molar-refractivity contribution is 5.99. The molecular weight excluding hydrogens is 196 g/mol. The fourth-order valence-electron chi connectivity index (χ4n) is 1.72. The molecule has 5 heteroatoms. The number of benzene rings is 1.